The van der Waals surface area contributed by atoms with E-state index in [9.17, 15) is 24.6 Å². The highest BCUT2D eigenvalue weighted by Gasteiger charge is 2.22. The van der Waals surface area contributed by atoms with Gasteiger partial charge in [-0.1, -0.05) is 30.9 Å². The fraction of sp³-hybridized carbons (Fsp3) is 0.526. The van der Waals surface area contributed by atoms with Gasteiger partial charge in [0.05, 0.1) is 13.1 Å². The van der Waals surface area contributed by atoms with Crippen LogP contribution in [0.4, 0.5) is 0 Å². The maximum atomic E-state index is 12.6. The van der Waals surface area contributed by atoms with Gasteiger partial charge in [0.25, 0.3) is 0 Å². The maximum absolute atomic E-state index is 12.6. The van der Waals surface area contributed by atoms with Crippen molar-refractivity contribution in [1.82, 2.24) is 21.3 Å². The van der Waals surface area contributed by atoms with Crippen molar-refractivity contribution >= 4 is 17.7 Å². The lowest BCUT2D eigenvalue weighted by Crippen LogP contribution is -2.52. The highest BCUT2D eigenvalue weighted by atomic mass is 16.3. The Morgan fingerprint density at radius 1 is 1.17 bits per heavy atom. The first-order chi connectivity index (χ1) is 14.2. The first-order valence-electron chi connectivity index (χ1n) is 9.56. The number of primary amides is 1. The number of nitrogens with one attached hydrogen (secondary N) is 4. The standard InChI is InChI=1S/C19H34N6O5/c1-3-5-6-13(4-2)9-14(25-18(29)12-23-16(27)10-20)19(30)24-11-17(28)22-8-7-15(21)26/h3-6,14,16-17,22-23,27-28H,1,7-12,20H2,2H3,(H2,21,26)(H,24,30)(H,25,29)/b6-5-,13-4+/t14-,16?,17?/m0/s1. The summed E-state index contributed by atoms with van der Waals surface area (Å²) in [5, 5.41) is 29.5. The van der Waals surface area contributed by atoms with Crippen LogP contribution in [0.15, 0.2) is 36.5 Å². The smallest absolute Gasteiger partial charge is 0.243 e. The van der Waals surface area contributed by atoms with Crippen molar-refractivity contribution in [3.05, 3.63) is 36.5 Å². The van der Waals surface area contributed by atoms with Crippen molar-refractivity contribution in [2.45, 2.75) is 38.3 Å². The van der Waals surface area contributed by atoms with E-state index >= 15 is 0 Å². The van der Waals surface area contributed by atoms with Gasteiger partial charge in [-0.25, -0.2) is 0 Å². The summed E-state index contributed by atoms with van der Waals surface area (Å²) in [5.41, 5.74) is 11.1. The van der Waals surface area contributed by atoms with Crippen LogP contribution in [-0.4, -0.2) is 72.6 Å². The van der Waals surface area contributed by atoms with E-state index in [0.29, 0.717) is 0 Å². The Hall–Kier alpha value is -2.57. The molecule has 0 aromatic carbocycles. The number of carbonyl (C=O) groups is 3. The molecule has 0 spiro atoms. The number of hydrogen-bond acceptors (Lipinski definition) is 8. The van der Waals surface area contributed by atoms with Crippen molar-refractivity contribution in [2.75, 3.05) is 26.2 Å². The number of allylic oxidation sites excluding steroid dienone is 4. The minimum absolute atomic E-state index is 0.0473. The molecule has 0 aliphatic heterocycles. The van der Waals surface area contributed by atoms with Crippen LogP contribution in [0.5, 0.6) is 0 Å². The molecule has 0 aromatic rings. The highest BCUT2D eigenvalue weighted by Crippen LogP contribution is 2.08. The largest absolute Gasteiger partial charge is 0.377 e. The summed E-state index contributed by atoms with van der Waals surface area (Å²) in [6.45, 7) is 5.13. The Morgan fingerprint density at radius 3 is 2.43 bits per heavy atom. The molecular weight excluding hydrogens is 392 g/mol. The van der Waals surface area contributed by atoms with Crippen molar-refractivity contribution in [3.8, 4) is 0 Å². The minimum atomic E-state index is -1.09. The van der Waals surface area contributed by atoms with E-state index < -0.39 is 36.2 Å². The van der Waals surface area contributed by atoms with Gasteiger partial charge in [0, 0.05) is 25.9 Å². The summed E-state index contributed by atoms with van der Waals surface area (Å²) in [7, 11) is 0. The lowest BCUT2D eigenvalue weighted by molar-refractivity contribution is -0.129. The maximum Gasteiger partial charge on any atom is 0.243 e. The number of amides is 3. The topological polar surface area (TPSA) is 192 Å². The summed E-state index contributed by atoms with van der Waals surface area (Å²) in [6.07, 6.45) is 4.97. The molecular formula is C19H34N6O5. The Morgan fingerprint density at radius 2 is 1.87 bits per heavy atom. The van der Waals surface area contributed by atoms with Crippen LogP contribution in [0.25, 0.3) is 0 Å². The molecule has 0 fully saturated rings. The average Bonchev–Trinajstić information content (AvgIpc) is 2.71. The van der Waals surface area contributed by atoms with E-state index in [0.717, 1.165) is 5.57 Å². The van der Waals surface area contributed by atoms with Gasteiger partial charge < -0.3 is 32.3 Å². The van der Waals surface area contributed by atoms with Crippen LogP contribution < -0.4 is 32.7 Å². The summed E-state index contributed by atoms with van der Waals surface area (Å²) >= 11 is 0. The normalized spacial score (nSPS) is 14.7. The molecule has 170 valence electrons. The number of nitrogens with two attached hydrogens (primary N) is 2. The van der Waals surface area contributed by atoms with E-state index in [2.05, 4.69) is 27.8 Å². The third-order valence-electron chi connectivity index (χ3n) is 3.85. The van der Waals surface area contributed by atoms with Crippen LogP contribution in [-0.2, 0) is 14.4 Å². The molecule has 0 rings (SSSR count). The fourth-order valence-electron chi connectivity index (χ4n) is 2.21. The van der Waals surface area contributed by atoms with Gasteiger partial charge >= 0.3 is 0 Å². The van der Waals surface area contributed by atoms with Crippen LogP contribution in [0, 0.1) is 0 Å². The van der Waals surface area contributed by atoms with E-state index in [-0.39, 0.29) is 39.0 Å². The molecule has 0 aliphatic rings. The number of aliphatic hydroxyl groups is 2. The van der Waals surface area contributed by atoms with Crippen LogP contribution in [0.3, 0.4) is 0 Å². The molecule has 0 aromatic heterocycles. The van der Waals surface area contributed by atoms with Crippen molar-refractivity contribution in [3.63, 3.8) is 0 Å². The molecule has 0 aliphatic carbocycles. The van der Waals surface area contributed by atoms with Crippen molar-refractivity contribution in [1.29, 1.82) is 0 Å². The molecule has 2 unspecified atom stereocenters. The second-order valence-corrected chi connectivity index (χ2v) is 6.35. The highest BCUT2D eigenvalue weighted by molar-refractivity contribution is 5.88. The van der Waals surface area contributed by atoms with Crippen molar-refractivity contribution < 1.29 is 24.6 Å². The van der Waals surface area contributed by atoms with Gasteiger partial charge in [0.1, 0.15) is 18.5 Å². The van der Waals surface area contributed by atoms with Gasteiger partial charge in [0.15, 0.2) is 0 Å². The minimum Gasteiger partial charge on any atom is -0.377 e. The molecule has 0 saturated carbocycles. The quantitative estimate of drug-likeness (QED) is 0.0966. The lowest BCUT2D eigenvalue weighted by Gasteiger charge is -2.21. The molecule has 11 heteroatoms. The Labute approximate surface area is 176 Å². The van der Waals surface area contributed by atoms with Gasteiger partial charge in [0.2, 0.25) is 17.7 Å². The monoisotopic (exact) mass is 426 g/mol. The first-order valence-corrected chi connectivity index (χ1v) is 9.56. The first kappa shape index (κ1) is 27.4. The molecule has 3 amide bonds. The predicted molar refractivity (Wildman–Crippen MR) is 114 cm³/mol. The molecule has 0 radical (unpaired) electrons. The predicted octanol–water partition coefficient (Wildman–Crippen LogP) is -2.68. The molecule has 10 N–H and O–H groups in total. The lowest BCUT2D eigenvalue weighted by atomic mass is 10.0. The van der Waals surface area contributed by atoms with E-state index in [1.807, 2.05) is 0 Å². The van der Waals surface area contributed by atoms with Crippen LogP contribution >= 0.6 is 0 Å². The Bertz CT molecular complexity index is 623. The number of hydrogen-bond donors (Lipinski definition) is 8. The van der Waals surface area contributed by atoms with E-state index in [1.54, 1.807) is 31.2 Å². The summed E-state index contributed by atoms with van der Waals surface area (Å²) in [6, 6.07) is -0.923. The molecule has 0 bridgehead atoms. The Balaban J connectivity index is 4.92. The molecule has 11 nitrogen and oxygen atoms in total. The molecule has 0 heterocycles. The zero-order chi connectivity index (χ0) is 22.9. The van der Waals surface area contributed by atoms with Gasteiger partial charge in [-0.3, -0.25) is 25.0 Å². The third kappa shape index (κ3) is 13.6. The van der Waals surface area contributed by atoms with Gasteiger partial charge in [-0.05, 0) is 12.5 Å². The third-order valence-corrected chi connectivity index (χ3v) is 3.85. The van der Waals surface area contributed by atoms with Crippen LogP contribution in [0.1, 0.15) is 19.8 Å². The molecule has 0 saturated heterocycles. The molecule has 30 heavy (non-hydrogen) atoms. The number of aliphatic hydroxyl groups excluding tert-OH is 2. The van der Waals surface area contributed by atoms with Gasteiger partial charge in [-0.2, -0.15) is 0 Å². The number of carbonyl (C=O) groups excluding carboxylic acids is 3. The zero-order valence-corrected chi connectivity index (χ0v) is 17.3. The number of rotatable bonds is 16. The second-order valence-electron chi connectivity index (χ2n) is 6.35. The van der Waals surface area contributed by atoms with Crippen molar-refractivity contribution in [2.24, 2.45) is 11.5 Å². The van der Waals surface area contributed by atoms with E-state index in [4.69, 9.17) is 11.5 Å². The fourth-order valence-corrected chi connectivity index (χ4v) is 2.21. The zero-order valence-electron chi connectivity index (χ0n) is 17.3. The second kappa shape index (κ2) is 16.3. The summed E-state index contributed by atoms with van der Waals surface area (Å²) < 4.78 is 0. The Kier molecular flexibility index (Phi) is 14.9. The molecule has 3 atom stereocenters. The van der Waals surface area contributed by atoms with E-state index in [1.165, 1.54) is 0 Å². The summed E-state index contributed by atoms with van der Waals surface area (Å²) in [4.78, 5) is 35.4. The summed E-state index contributed by atoms with van der Waals surface area (Å²) in [5.74, 6) is -1.53. The average molecular weight is 427 g/mol. The van der Waals surface area contributed by atoms with Crippen LogP contribution in [0.2, 0.25) is 0 Å². The van der Waals surface area contributed by atoms with Gasteiger partial charge in [-0.15, -0.1) is 0 Å². The SMILES string of the molecule is C=C/C=C\C(=C/C)C[C@H](NC(=O)CNC(O)CN)C(=O)NCC(O)NCCC(N)=O.